The molecule has 0 bridgehead atoms. The van der Waals surface area contributed by atoms with E-state index in [9.17, 15) is 0 Å². The minimum atomic E-state index is 0.543. The Balaban J connectivity index is 2.16. The lowest BCUT2D eigenvalue weighted by molar-refractivity contribution is 0.351. The van der Waals surface area contributed by atoms with Crippen molar-refractivity contribution in [3.8, 4) is 0 Å². The zero-order valence-electron chi connectivity index (χ0n) is 9.90. The second kappa shape index (κ2) is 6.53. The number of hydrogen-bond donors (Lipinski definition) is 1. The first-order chi connectivity index (χ1) is 7.18. The van der Waals surface area contributed by atoms with Gasteiger partial charge in [0.1, 0.15) is 0 Å². The Kier molecular flexibility index (Phi) is 5.29. The molecule has 1 N–H and O–H groups in total. The fourth-order valence-corrected chi connectivity index (χ4v) is 1.62. The normalized spacial score (nSPS) is 13.1. The van der Waals surface area contributed by atoms with Crippen LogP contribution in [0.2, 0.25) is 0 Å². The van der Waals surface area contributed by atoms with Gasteiger partial charge in [0.2, 0.25) is 0 Å². The van der Waals surface area contributed by atoms with Gasteiger partial charge in [-0.3, -0.25) is 4.98 Å². The molecule has 0 saturated heterocycles. The smallest absolute Gasteiger partial charge is 0.0270 e. The molecule has 0 saturated carbocycles. The average molecular weight is 207 g/mol. The summed E-state index contributed by atoms with van der Waals surface area (Å²) in [7, 11) is 4.20. The monoisotopic (exact) mass is 207 g/mol. The molecule has 1 rings (SSSR count). The molecule has 0 aliphatic carbocycles. The van der Waals surface area contributed by atoms with E-state index in [0.717, 1.165) is 19.5 Å². The maximum absolute atomic E-state index is 4.00. The van der Waals surface area contributed by atoms with Crippen LogP contribution < -0.4 is 5.32 Å². The quantitative estimate of drug-likeness (QED) is 0.759. The highest BCUT2D eigenvalue weighted by Gasteiger charge is 2.01. The lowest BCUT2D eigenvalue weighted by atomic mass is 10.2. The van der Waals surface area contributed by atoms with Gasteiger partial charge in [0, 0.05) is 25.0 Å². The van der Waals surface area contributed by atoms with Crippen molar-refractivity contribution in [1.82, 2.24) is 15.2 Å². The molecular formula is C12H21N3. The van der Waals surface area contributed by atoms with Crippen LogP contribution in [-0.4, -0.2) is 43.1 Å². The van der Waals surface area contributed by atoms with Crippen LogP contribution in [0, 0.1) is 0 Å². The fourth-order valence-electron chi connectivity index (χ4n) is 1.62. The number of pyridine rings is 1. The molecule has 3 nitrogen and oxygen atoms in total. The summed E-state index contributed by atoms with van der Waals surface area (Å²) in [6, 6.07) is 4.68. The third-order valence-corrected chi connectivity index (χ3v) is 2.29. The van der Waals surface area contributed by atoms with E-state index in [1.165, 1.54) is 5.56 Å². The van der Waals surface area contributed by atoms with Gasteiger partial charge in [0.15, 0.2) is 0 Å². The Bertz CT molecular complexity index is 259. The molecule has 0 fully saturated rings. The zero-order valence-corrected chi connectivity index (χ0v) is 9.90. The predicted octanol–water partition coefficient (Wildman–Crippen LogP) is 1.16. The van der Waals surface area contributed by atoms with Crippen LogP contribution in [0.4, 0.5) is 0 Å². The maximum Gasteiger partial charge on any atom is 0.0270 e. The largest absolute Gasteiger partial charge is 0.313 e. The second-order valence-electron chi connectivity index (χ2n) is 4.22. The molecule has 1 aromatic rings. The minimum absolute atomic E-state index is 0.543. The summed E-state index contributed by atoms with van der Waals surface area (Å²) in [5.41, 5.74) is 1.34. The first-order valence-electron chi connectivity index (χ1n) is 5.45. The lowest BCUT2D eigenvalue weighted by Crippen LogP contribution is -2.36. The number of nitrogens with one attached hydrogen (secondary N) is 1. The Morgan fingerprint density at radius 2 is 2.00 bits per heavy atom. The summed E-state index contributed by atoms with van der Waals surface area (Å²) in [5.74, 6) is 0. The van der Waals surface area contributed by atoms with Crippen LogP contribution in [0.3, 0.4) is 0 Å². The molecule has 84 valence electrons. The highest BCUT2D eigenvalue weighted by Crippen LogP contribution is 1.96. The van der Waals surface area contributed by atoms with Crippen LogP contribution in [0.5, 0.6) is 0 Å². The van der Waals surface area contributed by atoms with Crippen molar-refractivity contribution in [2.24, 2.45) is 0 Å². The van der Waals surface area contributed by atoms with E-state index in [0.29, 0.717) is 6.04 Å². The highest BCUT2D eigenvalue weighted by atomic mass is 15.1. The summed E-state index contributed by atoms with van der Waals surface area (Å²) in [6.07, 6.45) is 4.76. The van der Waals surface area contributed by atoms with Crippen molar-refractivity contribution in [2.45, 2.75) is 19.4 Å². The van der Waals surface area contributed by atoms with Crippen molar-refractivity contribution in [1.29, 1.82) is 0 Å². The first-order valence-corrected chi connectivity index (χ1v) is 5.45. The van der Waals surface area contributed by atoms with Crippen LogP contribution in [-0.2, 0) is 6.42 Å². The molecule has 0 aliphatic heterocycles. The van der Waals surface area contributed by atoms with Crippen molar-refractivity contribution in [3.63, 3.8) is 0 Å². The van der Waals surface area contributed by atoms with E-state index in [-0.39, 0.29) is 0 Å². The lowest BCUT2D eigenvalue weighted by Gasteiger charge is -2.18. The SMILES string of the molecule is CC(CN(C)C)NCCc1ccncc1. The topological polar surface area (TPSA) is 28.2 Å². The molecule has 0 spiro atoms. The molecule has 1 aromatic heterocycles. The maximum atomic E-state index is 4.00. The predicted molar refractivity (Wildman–Crippen MR) is 64.0 cm³/mol. The van der Waals surface area contributed by atoms with Crippen molar-refractivity contribution in [2.75, 3.05) is 27.2 Å². The van der Waals surface area contributed by atoms with Crippen LogP contribution in [0.25, 0.3) is 0 Å². The van der Waals surface area contributed by atoms with Gasteiger partial charge in [-0.15, -0.1) is 0 Å². The number of likely N-dealkylation sites (N-methyl/N-ethyl adjacent to an activating group) is 1. The molecular weight excluding hydrogens is 186 g/mol. The first kappa shape index (κ1) is 12.1. The van der Waals surface area contributed by atoms with Crippen LogP contribution >= 0.6 is 0 Å². The average Bonchev–Trinajstić information content (AvgIpc) is 2.18. The van der Waals surface area contributed by atoms with Gasteiger partial charge in [-0.05, 0) is 51.7 Å². The molecule has 0 aromatic carbocycles. The van der Waals surface area contributed by atoms with Gasteiger partial charge in [-0.1, -0.05) is 0 Å². The van der Waals surface area contributed by atoms with E-state index in [2.05, 4.69) is 48.4 Å². The summed E-state index contributed by atoms with van der Waals surface area (Å²) in [5, 5.41) is 3.50. The summed E-state index contributed by atoms with van der Waals surface area (Å²) in [4.78, 5) is 6.20. The van der Waals surface area contributed by atoms with E-state index < -0.39 is 0 Å². The van der Waals surface area contributed by atoms with E-state index in [1.807, 2.05) is 12.4 Å². The molecule has 0 aliphatic rings. The standard InChI is InChI=1S/C12H21N3/c1-11(10-15(2)3)14-9-6-12-4-7-13-8-5-12/h4-5,7-8,11,14H,6,9-10H2,1-3H3. The van der Waals surface area contributed by atoms with Crippen molar-refractivity contribution in [3.05, 3.63) is 30.1 Å². The summed E-state index contributed by atoms with van der Waals surface area (Å²) >= 11 is 0. The van der Waals surface area contributed by atoms with Crippen molar-refractivity contribution < 1.29 is 0 Å². The number of rotatable bonds is 6. The fraction of sp³-hybridized carbons (Fsp3) is 0.583. The van der Waals surface area contributed by atoms with Gasteiger partial charge in [0.25, 0.3) is 0 Å². The molecule has 0 radical (unpaired) electrons. The Hall–Kier alpha value is -0.930. The van der Waals surface area contributed by atoms with Gasteiger partial charge in [-0.2, -0.15) is 0 Å². The molecule has 0 amide bonds. The van der Waals surface area contributed by atoms with Crippen molar-refractivity contribution >= 4 is 0 Å². The Morgan fingerprint density at radius 1 is 1.33 bits per heavy atom. The zero-order chi connectivity index (χ0) is 11.1. The number of hydrogen-bond acceptors (Lipinski definition) is 3. The van der Waals surface area contributed by atoms with Gasteiger partial charge >= 0.3 is 0 Å². The summed E-state index contributed by atoms with van der Waals surface area (Å²) in [6.45, 7) is 4.32. The number of nitrogens with zero attached hydrogens (tertiary/aromatic N) is 2. The summed E-state index contributed by atoms with van der Waals surface area (Å²) < 4.78 is 0. The molecule has 1 atom stereocenters. The highest BCUT2D eigenvalue weighted by molar-refractivity contribution is 5.09. The van der Waals surface area contributed by atoms with Gasteiger partial charge < -0.3 is 10.2 Å². The third-order valence-electron chi connectivity index (χ3n) is 2.29. The molecule has 3 heteroatoms. The Morgan fingerprint density at radius 3 is 2.60 bits per heavy atom. The number of aromatic nitrogens is 1. The molecule has 1 heterocycles. The molecule has 15 heavy (non-hydrogen) atoms. The van der Waals surface area contributed by atoms with E-state index in [4.69, 9.17) is 0 Å². The molecule has 1 unspecified atom stereocenters. The van der Waals surface area contributed by atoms with E-state index >= 15 is 0 Å². The van der Waals surface area contributed by atoms with Gasteiger partial charge in [-0.25, -0.2) is 0 Å². The van der Waals surface area contributed by atoms with Crippen LogP contribution in [0.1, 0.15) is 12.5 Å². The van der Waals surface area contributed by atoms with E-state index in [1.54, 1.807) is 0 Å². The Labute approximate surface area is 92.5 Å². The van der Waals surface area contributed by atoms with Crippen LogP contribution in [0.15, 0.2) is 24.5 Å². The van der Waals surface area contributed by atoms with Gasteiger partial charge in [0.05, 0.1) is 0 Å². The third kappa shape index (κ3) is 5.50. The minimum Gasteiger partial charge on any atom is -0.313 e. The second-order valence-corrected chi connectivity index (χ2v) is 4.22.